The summed E-state index contributed by atoms with van der Waals surface area (Å²) in [5.74, 6) is -2.97. The number of anilines is 1. The van der Waals surface area contributed by atoms with Gasteiger partial charge in [-0.15, -0.1) is 11.3 Å². The molecule has 0 bridgehead atoms. The van der Waals surface area contributed by atoms with Gasteiger partial charge in [-0.25, -0.2) is 9.78 Å². The molecule has 1 aliphatic rings. The normalized spacial score (nSPS) is 15.8. The minimum Gasteiger partial charge on any atom is -0.535 e. The molecule has 1 atom stereocenters. The Morgan fingerprint density at radius 3 is 2.83 bits per heavy atom. The third kappa shape index (κ3) is 4.58. The molecule has 0 fully saturated rings. The second-order valence-electron chi connectivity index (χ2n) is 6.51. The Hall–Kier alpha value is -3.45. The summed E-state index contributed by atoms with van der Waals surface area (Å²) >= 11 is 1.09. The minimum absolute atomic E-state index is 0.0712. The van der Waals surface area contributed by atoms with E-state index < -0.39 is 30.6 Å². The number of thiazole rings is 1. The molecule has 0 unspecified atom stereocenters. The number of fused-ring (bicyclic) bond motifs is 1. The number of oxime groups is 1. The van der Waals surface area contributed by atoms with Crippen LogP contribution < -0.4 is 15.7 Å². The number of para-hydroxylation sites is 1. The molecular formula is C17H17BN4O7S. The van der Waals surface area contributed by atoms with Crippen LogP contribution in [0.2, 0.25) is 5.82 Å². The first kappa shape index (κ1) is 21.3. The summed E-state index contributed by atoms with van der Waals surface area (Å²) in [7, 11) is -1.41. The van der Waals surface area contributed by atoms with Crippen molar-refractivity contribution in [3.63, 3.8) is 0 Å². The number of benzene rings is 1. The van der Waals surface area contributed by atoms with E-state index in [1.165, 1.54) is 11.4 Å². The molecule has 0 saturated carbocycles. The number of carbonyl (C=O) groups is 3. The Morgan fingerprint density at radius 2 is 2.17 bits per heavy atom. The lowest BCUT2D eigenvalue weighted by Gasteiger charge is -2.27. The van der Waals surface area contributed by atoms with E-state index in [0.29, 0.717) is 10.7 Å². The molecule has 1 aromatic heterocycles. The smallest absolute Gasteiger partial charge is 0.526 e. The van der Waals surface area contributed by atoms with Crippen LogP contribution in [-0.2, 0) is 16.0 Å². The Bertz CT molecular complexity index is 1030. The number of rotatable bonds is 8. The molecule has 11 nitrogen and oxygen atoms in total. The highest BCUT2D eigenvalue weighted by Gasteiger charge is 2.38. The summed E-state index contributed by atoms with van der Waals surface area (Å²) in [4.78, 5) is 38.9. The van der Waals surface area contributed by atoms with Gasteiger partial charge in [-0.1, -0.05) is 17.3 Å². The zero-order valence-electron chi connectivity index (χ0n) is 15.4. The van der Waals surface area contributed by atoms with Crippen molar-refractivity contribution in [3.05, 3.63) is 40.4 Å². The quantitative estimate of drug-likeness (QED) is 0.170. The molecule has 0 spiro atoms. The van der Waals surface area contributed by atoms with Crippen molar-refractivity contribution in [2.24, 2.45) is 10.9 Å². The molecule has 3 rings (SSSR count). The monoisotopic (exact) mass is 432 g/mol. The number of nitrogens with zero attached hydrogens (tertiary/aromatic N) is 2. The molecule has 1 aromatic carbocycles. The maximum absolute atomic E-state index is 12.7. The van der Waals surface area contributed by atoms with Gasteiger partial charge in [-0.05, 0) is 18.1 Å². The second-order valence-corrected chi connectivity index (χ2v) is 7.36. The molecule has 1 amide bonds. The Kier molecular flexibility index (Phi) is 6.33. The third-order valence-corrected chi connectivity index (χ3v) is 5.22. The van der Waals surface area contributed by atoms with Crippen LogP contribution in [0.4, 0.5) is 5.13 Å². The molecule has 2 aromatic rings. The Balaban J connectivity index is 1.73. The number of carboxylic acid groups (broad SMARTS) is 1. The van der Waals surface area contributed by atoms with Gasteiger partial charge >= 0.3 is 13.1 Å². The van der Waals surface area contributed by atoms with Gasteiger partial charge in [-0.3, -0.25) is 9.59 Å². The number of aromatic carboxylic acids is 1. The zero-order chi connectivity index (χ0) is 21.8. The predicted octanol–water partition coefficient (Wildman–Crippen LogP) is 0.362. The lowest BCUT2D eigenvalue weighted by Crippen LogP contribution is -2.36. The fraction of sp³-hybridized carbons (Fsp3) is 0.235. The fourth-order valence-electron chi connectivity index (χ4n) is 3.04. The number of carbonyl (C=O) groups excluding carboxylic acids is 2. The van der Waals surface area contributed by atoms with E-state index in [0.717, 1.165) is 11.3 Å². The van der Waals surface area contributed by atoms with Crippen molar-refractivity contribution >= 4 is 47.0 Å². The van der Waals surface area contributed by atoms with Gasteiger partial charge in [0.1, 0.15) is 11.4 Å². The van der Waals surface area contributed by atoms with Crippen molar-refractivity contribution in [3.8, 4) is 5.75 Å². The Morgan fingerprint density at radius 1 is 1.40 bits per heavy atom. The lowest BCUT2D eigenvalue weighted by atomic mass is 9.64. The molecule has 13 heteroatoms. The topological polar surface area (TPSA) is 184 Å². The van der Waals surface area contributed by atoms with Crippen LogP contribution in [-0.4, -0.2) is 57.4 Å². The number of Topliss-reactive ketones (excluding diaryl/α,β-unsaturated/α-hetero) is 1. The minimum atomic E-state index is -1.41. The predicted molar refractivity (Wildman–Crippen MR) is 107 cm³/mol. The van der Waals surface area contributed by atoms with E-state index in [-0.39, 0.29) is 42.1 Å². The number of primary amides is 1. The lowest BCUT2D eigenvalue weighted by molar-refractivity contribution is -0.116. The maximum Gasteiger partial charge on any atom is 0.526 e. The van der Waals surface area contributed by atoms with E-state index in [4.69, 9.17) is 10.4 Å². The van der Waals surface area contributed by atoms with Gasteiger partial charge in [-0.2, -0.15) is 0 Å². The SMILES string of the molecule is NC(=O)CNc1nc(/C(=N/O)C(=O)C[C@H]2Cc3cccc(C(=O)O)c3OB2O)cs1. The van der Waals surface area contributed by atoms with Gasteiger partial charge < -0.3 is 31.0 Å². The summed E-state index contributed by atoms with van der Waals surface area (Å²) in [6.07, 6.45) is -0.0244. The van der Waals surface area contributed by atoms with Gasteiger partial charge in [0.05, 0.1) is 12.1 Å². The largest absolute Gasteiger partial charge is 0.535 e. The van der Waals surface area contributed by atoms with Crippen LogP contribution >= 0.6 is 11.3 Å². The standard InChI is InChI=1S/C17H17BN4O7S/c19-13(24)6-20-17-21-11(7-30-17)14(22-28)12(23)5-9-4-8-2-1-3-10(16(25)26)15(8)29-18(9)27/h1-3,7,9,27-28H,4-6H2,(H2,19,24)(H,20,21)(H,25,26)/b22-14-/t9-/m1/s1. The molecule has 156 valence electrons. The molecule has 1 aliphatic heterocycles. The van der Waals surface area contributed by atoms with Crippen LogP contribution in [0.15, 0.2) is 28.7 Å². The van der Waals surface area contributed by atoms with E-state index in [9.17, 15) is 29.7 Å². The van der Waals surface area contributed by atoms with Crippen LogP contribution in [0.1, 0.15) is 28.0 Å². The first-order valence-corrected chi connectivity index (χ1v) is 9.61. The molecule has 2 heterocycles. The number of hydrogen-bond donors (Lipinski definition) is 5. The van der Waals surface area contributed by atoms with E-state index in [1.54, 1.807) is 12.1 Å². The number of amides is 1. The molecule has 30 heavy (non-hydrogen) atoms. The number of hydrogen-bond acceptors (Lipinski definition) is 10. The van der Waals surface area contributed by atoms with Crippen molar-refractivity contribution in [2.45, 2.75) is 18.7 Å². The first-order valence-electron chi connectivity index (χ1n) is 8.73. The van der Waals surface area contributed by atoms with Crippen molar-refractivity contribution in [1.29, 1.82) is 0 Å². The highest BCUT2D eigenvalue weighted by atomic mass is 32.1. The average molecular weight is 432 g/mol. The Labute approximate surface area is 174 Å². The van der Waals surface area contributed by atoms with Crippen LogP contribution in [0.5, 0.6) is 5.75 Å². The summed E-state index contributed by atoms with van der Waals surface area (Å²) in [5.41, 5.74) is 5.31. The van der Waals surface area contributed by atoms with Gasteiger partial charge in [0.2, 0.25) is 5.91 Å². The summed E-state index contributed by atoms with van der Waals surface area (Å²) in [6.45, 7) is -0.143. The molecule has 0 aliphatic carbocycles. The van der Waals surface area contributed by atoms with E-state index >= 15 is 0 Å². The van der Waals surface area contributed by atoms with Crippen LogP contribution in [0.3, 0.4) is 0 Å². The average Bonchev–Trinajstić information content (AvgIpc) is 3.15. The van der Waals surface area contributed by atoms with Gasteiger partial charge in [0, 0.05) is 17.6 Å². The molecule has 6 N–H and O–H groups in total. The van der Waals surface area contributed by atoms with Gasteiger partial charge in [0.25, 0.3) is 0 Å². The summed E-state index contributed by atoms with van der Waals surface area (Å²) in [6, 6.07) is 4.57. The van der Waals surface area contributed by atoms with Crippen molar-refractivity contribution < 1.29 is 34.4 Å². The molecule has 0 saturated heterocycles. The molecular weight excluding hydrogens is 415 g/mol. The summed E-state index contributed by atoms with van der Waals surface area (Å²) in [5, 5.41) is 36.3. The number of carboxylic acids is 1. The number of nitrogens with one attached hydrogen (secondary N) is 1. The maximum atomic E-state index is 12.7. The fourth-order valence-corrected chi connectivity index (χ4v) is 3.73. The first-order chi connectivity index (χ1) is 14.3. The second kappa shape index (κ2) is 8.92. The highest BCUT2D eigenvalue weighted by molar-refractivity contribution is 7.14. The summed E-state index contributed by atoms with van der Waals surface area (Å²) < 4.78 is 5.37. The number of nitrogens with two attached hydrogens (primary N) is 1. The number of ketones is 1. The van der Waals surface area contributed by atoms with Crippen LogP contribution in [0.25, 0.3) is 0 Å². The van der Waals surface area contributed by atoms with Crippen molar-refractivity contribution in [1.82, 2.24) is 4.98 Å². The van der Waals surface area contributed by atoms with E-state index in [2.05, 4.69) is 15.5 Å². The van der Waals surface area contributed by atoms with Gasteiger partial charge in [0.15, 0.2) is 16.6 Å². The van der Waals surface area contributed by atoms with Crippen molar-refractivity contribution in [2.75, 3.05) is 11.9 Å². The zero-order valence-corrected chi connectivity index (χ0v) is 16.3. The molecule has 0 radical (unpaired) electrons. The van der Waals surface area contributed by atoms with E-state index in [1.807, 2.05) is 0 Å². The highest BCUT2D eigenvalue weighted by Crippen LogP contribution is 2.36. The number of aromatic nitrogens is 1. The van der Waals surface area contributed by atoms with Crippen LogP contribution in [0, 0.1) is 0 Å². The third-order valence-electron chi connectivity index (χ3n) is 4.42.